The smallest absolute Gasteiger partial charge is 0.384 e. The van der Waals surface area contributed by atoms with Crippen LogP contribution in [0.5, 0.6) is 0 Å². The van der Waals surface area contributed by atoms with E-state index in [1.54, 1.807) is 12.1 Å². The molecule has 186 valence electrons. The van der Waals surface area contributed by atoms with E-state index < -0.39 is 21.9 Å². The number of nitrogens with two attached hydrogens (primary N) is 1. The first-order valence-corrected chi connectivity index (χ1v) is 12.9. The van der Waals surface area contributed by atoms with Gasteiger partial charge in [0.05, 0.1) is 5.56 Å². The number of nitrogen functional groups attached to an aromatic ring is 1. The van der Waals surface area contributed by atoms with Crippen LogP contribution in [-0.2, 0) is 29.4 Å². The zero-order chi connectivity index (χ0) is 25.5. The van der Waals surface area contributed by atoms with Gasteiger partial charge in [0.25, 0.3) is 0 Å². The molecule has 13 heteroatoms. The van der Waals surface area contributed by atoms with Crippen molar-refractivity contribution in [3.05, 3.63) is 77.7 Å². The van der Waals surface area contributed by atoms with Crippen molar-refractivity contribution in [3.8, 4) is 22.3 Å². The minimum Gasteiger partial charge on any atom is -0.384 e. The predicted octanol–water partition coefficient (Wildman–Crippen LogP) is 4.58. The molecule has 8 nitrogen and oxygen atoms in total. The summed E-state index contributed by atoms with van der Waals surface area (Å²) < 4.78 is 73.9. The van der Waals surface area contributed by atoms with E-state index in [-0.39, 0.29) is 24.0 Å². The van der Waals surface area contributed by atoms with Gasteiger partial charge in [-0.2, -0.15) is 30.3 Å². The van der Waals surface area contributed by atoms with Crippen LogP contribution in [0.2, 0.25) is 0 Å². The zero-order valence-electron chi connectivity index (χ0n) is 18.5. The highest BCUT2D eigenvalue weighted by atomic mass is 32.2. The molecule has 0 spiro atoms. The molecule has 0 saturated heterocycles. The van der Waals surface area contributed by atoms with Gasteiger partial charge in [0.15, 0.2) is 0 Å². The number of nitrogens with zero attached hydrogens (tertiary/aromatic N) is 4. The fraction of sp³-hybridized carbons (Fsp3) is 0.174. The molecule has 0 aliphatic carbocycles. The van der Waals surface area contributed by atoms with Gasteiger partial charge in [-0.15, -0.1) is 0 Å². The van der Waals surface area contributed by atoms with Crippen LogP contribution >= 0.6 is 11.5 Å². The van der Waals surface area contributed by atoms with Crippen molar-refractivity contribution in [3.63, 3.8) is 0 Å². The van der Waals surface area contributed by atoms with Crippen molar-refractivity contribution >= 4 is 32.7 Å². The SMILES string of the molecule is Nc1cc(-c2cc(C(F)(F)F)ccc2-c2cccc3c2CCN(S(=O)(=O)Nc2ncns2)C3)ccn1. The molecule has 4 aromatic rings. The maximum atomic E-state index is 13.5. The third-order valence-corrected chi connectivity index (χ3v) is 8.03. The molecule has 3 heterocycles. The lowest BCUT2D eigenvalue weighted by molar-refractivity contribution is -0.137. The van der Waals surface area contributed by atoms with Crippen LogP contribution in [0.15, 0.2) is 61.1 Å². The minimum atomic E-state index is -4.52. The van der Waals surface area contributed by atoms with Crippen LogP contribution in [0, 0.1) is 0 Å². The molecule has 0 amide bonds. The third kappa shape index (κ3) is 4.76. The first kappa shape index (κ1) is 24.2. The van der Waals surface area contributed by atoms with Crippen molar-refractivity contribution in [1.29, 1.82) is 0 Å². The molecule has 2 aromatic heterocycles. The van der Waals surface area contributed by atoms with Gasteiger partial charge in [-0.1, -0.05) is 24.3 Å². The van der Waals surface area contributed by atoms with E-state index in [9.17, 15) is 21.6 Å². The Morgan fingerprint density at radius 2 is 1.86 bits per heavy atom. The lowest BCUT2D eigenvalue weighted by Gasteiger charge is -2.29. The molecule has 0 atom stereocenters. The Morgan fingerprint density at radius 3 is 2.58 bits per heavy atom. The molecule has 0 unspecified atom stereocenters. The second-order valence-electron chi connectivity index (χ2n) is 8.11. The summed E-state index contributed by atoms with van der Waals surface area (Å²) in [5.74, 6) is 0.190. The first-order valence-electron chi connectivity index (χ1n) is 10.7. The van der Waals surface area contributed by atoms with Gasteiger partial charge < -0.3 is 5.73 Å². The van der Waals surface area contributed by atoms with Gasteiger partial charge in [0.2, 0.25) is 5.13 Å². The largest absolute Gasteiger partial charge is 0.416 e. The zero-order valence-corrected chi connectivity index (χ0v) is 20.2. The first-order chi connectivity index (χ1) is 17.1. The molecule has 0 radical (unpaired) electrons. The number of halogens is 3. The van der Waals surface area contributed by atoms with E-state index in [2.05, 4.69) is 19.1 Å². The summed E-state index contributed by atoms with van der Waals surface area (Å²) in [6, 6.07) is 12.2. The highest BCUT2D eigenvalue weighted by molar-refractivity contribution is 7.90. The van der Waals surface area contributed by atoms with Gasteiger partial charge >= 0.3 is 16.4 Å². The summed E-state index contributed by atoms with van der Waals surface area (Å²) in [6.45, 7) is 0.297. The molecule has 5 rings (SSSR count). The van der Waals surface area contributed by atoms with E-state index in [4.69, 9.17) is 5.73 Å². The fourth-order valence-corrected chi connectivity index (χ4v) is 6.04. The number of benzene rings is 2. The minimum absolute atomic E-state index is 0.107. The molecular formula is C23H19F3N6O2S2. The number of aromatic nitrogens is 3. The van der Waals surface area contributed by atoms with Crippen molar-refractivity contribution in [2.75, 3.05) is 17.0 Å². The summed E-state index contributed by atoms with van der Waals surface area (Å²) in [7, 11) is -3.86. The fourth-order valence-electron chi connectivity index (χ4n) is 4.24. The van der Waals surface area contributed by atoms with Gasteiger partial charge in [-0.3, -0.25) is 0 Å². The lowest BCUT2D eigenvalue weighted by atomic mass is 9.87. The number of rotatable bonds is 5. The molecule has 1 aliphatic heterocycles. The summed E-state index contributed by atoms with van der Waals surface area (Å²) in [5.41, 5.74) is 8.87. The Balaban J connectivity index is 1.56. The molecule has 0 fully saturated rings. The molecule has 36 heavy (non-hydrogen) atoms. The predicted molar refractivity (Wildman–Crippen MR) is 131 cm³/mol. The van der Waals surface area contributed by atoms with Gasteiger partial charge in [-0.25, -0.2) is 14.7 Å². The van der Waals surface area contributed by atoms with E-state index in [1.807, 2.05) is 12.1 Å². The monoisotopic (exact) mass is 532 g/mol. The maximum absolute atomic E-state index is 13.5. The van der Waals surface area contributed by atoms with Crippen LogP contribution in [0.25, 0.3) is 22.3 Å². The Bertz CT molecular complexity index is 1530. The molecule has 0 saturated carbocycles. The van der Waals surface area contributed by atoms with Crippen molar-refractivity contribution < 1.29 is 21.6 Å². The standard InChI is InChI=1S/C23H19F3N6O2S2/c24-23(25,26)16-4-5-19(20(11-16)14-6-8-28-21(27)10-14)18-3-1-2-15-12-32(9-7-17(15)18)36(33,34)31-22-29-13-30-35-22/h1-6,8,10-11,13H,7,9,12H2,(H2,27,28)(H,29,30,31). The van der Waals surface area contributed by atoms with Crippen molar-refractivity contribution in [2.45, 2.75) is 19.1 Å². The normalized spacial score (nSPS) is 14.4. The van der Waals surface area contributed by atoms with Crippen molar-refractivity contribution in [2.24, 2.45) is 0 Å². The molecular weight excluding hydrogens is 513 g/mol. The molecule has 1 aliphatic rings. The Morgan fingerprint density at radius 1 is 1.03 bits per heavy atom. The van der Waals surface area contributed by atoms with Crippen LogP contribution in [-0.4, -0.2) is 33.6 Å². The number of nitrogens with one attached hydrogen (secondary N) is 1. The second-order valence-corrected chi connectivity index (χ2v) is 10.6. The topological polar surface area (TPSA) is 114 Å². The highest BCUT2D eigenvalue weighted by Gasteiger charge is 2.32. The van der Waals surface area contributed by atoms with Gasteiger partial charge in [0, 0.05) is 30.8 Å². The average molecular weight is 533 g/mol. The van der Waals surface area contributed by atoms with Crippen LogP contribution < -0.4 is 10.5 Å². The summed E-state index contributed by atoms with van der Waals surface area (Å²) in [6.07, 6.45) is -1.43. The summed E-state index contributed by atoms with van der Waals surface area (Å²) >= 11 is 0.931. The number of alkyl halides is 3. The maximum Gasteiger partial charge on any atom is 0.416 e. The van der Waals surface area contributed by atoms with Crippen LogP contribution in [0.1, 0.15) is 16.7 Å². The van der Waals surface area contributed by atoms with Crippen LogP contribution in [0.3, 0.4) is 0 Å². The third-order valence-electron chi connectivity index (χ3n) is 5.88. The van der Waals surface area contributed by atoms with E-state index in [1.165, 1.54) is 29.0 Å². The van der Waals surface area contributed by atoms with Gasteiger partial charge in [0.1, 0.15) is 12.1 Å². The number of hydrogen-bond donors (Lipinski definition) is 2. The lowest BCUT2D eigenvalue weighted by Crippen LogP contribution is -2.39. The van der Waals surface area contributed by atoms with E-state index in [0.717, 1.165) is 40.4 Å². The van der Waals surface area contributed by atoms with E-state index >= 15 is 0 Å². The average Bonchev–Trinajstić information content (AvgIpc) is 3.35. The number of fused-ring (bicyclic) bond motifs is 1. The Labute approximate surface area is 209 Å². The number of hydrogen-bond acceptors (Lipinski definition) is 7. The van der Waals surface area contributed by atoms with Crippen molar-refractivity contribution in [1.82, 2.24) is 18.6 Å². The molecule has 0 bridgehead atoms. The van der Waals surface area contributed by atoms with E-state index in [0.29, 0.717) is 23.1 Å². The summed E-state index contributed by atoms with van der Waals surface area (Å²) in [4.78, 5) is 7.81. The molecule has 3 N–H and O–H groups in total. The Hall–Kier alpha value is -3.55. The Kier molecular flexibility index (Phi) is 6.14. The number of anilines is 2. The number of pyridine rings is 1. The summed E-state index contributed by atoms with van der Waals surface area (Å²) in [5, 5.41) is 0.167. The van der Waals surface area contributed by atoms with Gasteiger partial charge in [-0.05, 0) is 64.1 Å². The quantitative estimate of drug-likeness (QED) is 0.389. The highest BCUT2D eigenvalue weighted by Crippen LogP contribution is 2.41. The molecule has 2 aromatic carbocycles. The second kappa shape index (κ2) is 9.15. The van der Waals surface area contributed by atoms with Crippen LogP contribution in [0.4, 0.5) is 24.1 Å².